The van der Waals surface area contributed by atoms with Crippen LogP contribution >= 0.6 is 0 Å². The summed E-state index contributed by atoms with van der Waals surface area (Å²) in [4.78, 5) is 21.9. The summed E-state index contributed by atoms with van der Waals surface area (Å²) in [5, 5.41) is 4.60. The quantitative estimate of drug-likeness (QED) is 0.543. The third kappa shape index (κ3) is 3.08. The van der Waals surface area contributed by atoms with Gasteiger partial charge in [0, 0.05) is 6.42 Å². The van der Waals surface area contributed by atoms with E-state index >= 15 is 0 Å². The van der Waals surface area contributed by atoms with E-state index in [1.165, 1.54) is 0 Å². The van der Waals surface area contributed by atoms with E-state index in [-0.39, 0.29) is 12.1 Å². The fourth-order valence-electron chi connectivity index (χ4n) is 3.04. The van der Waals surface area contributed by atoms with Crippen LogP contribution in [-0.4, -0.2) is 26.8 Å². The lowest BCUT2D eigenvalue weighted by Crippen LogP contribution is -2.26. The van der Waals surface area contributed by atoms with Crippen molar-refractivity contribution in [3.05, 3.63) is 70.5 Å². The molecule has 7 heteroatoms. The van der Waals surface area contributed by atoms with E-state index < -0.39 is 0 Å². The van der Waals surface area contributed by atoms with E-state index in [1.54, 1.807) is 17.7 Å². The van der Waals surface area contributed by atoms with E-state index in [0.717, 1.165) is 0 Å². The van der Waals surface area contributed by atoms with Crippen LogP contribution in [0.15, 0.2) is 57.8 Å². The number of hydrogen-bond donors (Lipinski definition) is 0. The lowest BCUT2D eigenvalue weighted by atomic mass is 10.2. The summed E-state index contributed by atoms with van der Waals surface area (Å²) in [6, 6.07) is 14.7. The maximum absolute atomic E-state index is 12.9. The summed E-state index contributed by atoms with van der Waals surface area (Å²) < 4.78 is 12.3. The first-order valence-electron chi connectivity index (χ1n) is 8.65. The summed E-state index contributed by atoms with van der Waals surface area (Å²) in [7, 11) is 1.59. The van der Waals surface area contributed by atoms with Crippen LogP contribution in [0.25, 0.3) is 22.4 Å². The van der Waals surface area contributed by atoms with E-state index in [0.29, 0.717) is 46.2 Å². The summed E-state index contributed by atoms with van der Waals surface area (Å²) >= 11 is 0. The van der Waals surface area contributed by atoms with Crippen LogP contribution in [0, 0.1) is 0 Å². The molecule has 0 fully saturated rings. The van der Waals surface area contributed by atoms with Gasteiger partial charge in [0.1, 0.15) is 11.6 Å². The molecule has 0 bridgehead atoms. The first kappa shape index (κ1) is 17.0. The molecule has 136 valence electrons. The molecule has 0 aliphatic carbocycles. The molecule has 0 aliphatic rings. The molecule has 0 N–H and O–H groups in total. The number of benzene rings is 2. The maximum atomic E-state index is 12.9. The van der Waals surface area contributed by atoms with Gasteiger partial charge >= 0.3 is 0 Å². The Hall–Kier alpha value is -3.48. The molecule has 4 aromatic rings. The number of hydrogen-bond acceptors (Lipinski definition) is 6. The van der Waals surface area contributed by atoms with Crippen molar-refractivity contribution in [2.45, 2.75) is 19.9 Å². The van der Waals surface area contributed by atoms with E-state index in [9.17, 15) is 4.79 Å². The van der Waals surface area contributed by atoms with Crippen LogP contribution in [0.2, 0.25) is 0 Å². The Labute approximate surface area is 155 Å². The summed E-state index contributed by atoms with van der Waals surface area (Å²) in [5.74, 6) is 2.08. The van der Waals surface area contributed by atoms with Gasteiger partial charge in [0.2, 0.25) is 0 Å². The Kier molecular flexibility index (Phi) is 4.42. The lowest BCUT2D eigenvalue weighted by molar-refractivity contribution is 0.401. The highest BCUT2D eigenvalue weighted by molar-refractivity contribution is 5.77. The van der Waals surface area contributed by atoms with Crippen LogP contribution < -0.4 is 10.3 Å². The maximum Gasteiger partial charge on any atom is 0.261 e. The molecule has 0 saturated heterocycles. The monoisotopic (exact) mass is 362 g/mol. The highest BCUT2D eigenvalue weighted by Gasteiger charge is 2.16. The standard InChI is InChI=1S/C20H18N4O3/c1-3-18-21-15-10-6-4-8-13(15)20(25)24(18)12-17-22-19(27-23-17)14-9-5-7-11-16(14)26-2/h4-11H,3,12H2,1-2H3. The fraction of sp³-hybridized carbons (Fsp3) is 0.200. The number of aryl methyl sites for hydroxylation is 1. The van der Waals surface area contributed by atoms with Crippen molar-refractivity contribution in [3.8, 4) is 17.2 Å². The summed E-state index contributed by atoms with van der Waals surface area (Å²) in [6.07, 6.45) is 0.622. The third-order valence-corrected chi connectivity index (χ3v) is 4.36. The van der Waals surface area contributed by atoms with E-state index in [2.05, 4.69) is 15.1 Å². The predicted molar refractivity (Wildman–Crippen MR) is 101 cm³/mol. The Morgan fingerprint density at radius 3 is 2.67 bits per heavy atom. The second kappa shape index (κ2) is 7.03. The Morgan fingerprint density at radius 1 is 1.07 bits per heavy atom. The second-order valence-electron chi connectivity index (χ2n) is 6.01. The van der Waals surface area contributed by atoms with Gasteiger partial charge in [-0.05, 0) is 24.3 Å². The SMILES string of the molecule is CCc1nc2ccccc2c(=O)n1Cc1noc(-c2ccccc2OC)n1. The molecule has 0 atom stereocenters. The number of fused-ring (bicyclic) bond motifs is 1. The van der Waals surface area contributed by atoms with E-state index in [4.69, 9.17) is 9.26 Å². The lowest BCUT2D eigenvalue weighted by Gasteiger charge is -2.10. The summed E-state index contributed by atoms with van der Waals surface area (Å²) in [5.41, 5.74) is 1.29. The molecule has 2 heterocycles. The molecule has 0 spiro atoms. The topological polar surface area (TPSA) is 83.0 Å². The van der Waals surface area contributed by atoms with Crippen LogP contribution in [0.3, 0.4) is 0 Å². The van der Waals surface area contributed by atoms with Crippen LogP contribution in [0.4, 0.5) is 0 Å². The number of methoxy groups -OCH3 is 1. The molecule has 7 nitrogen and oxygen atoms in total. The van der Waals surface area contributed by atoms with Crippen molar-refractivity contribution in [1.82, 2.24) is 19.7 Å². The van der Waals surface area contributed by atoms with Crippen LogP contribution in [0.1, 0.15) is 18.6 Å². The van der Waals surface area contributed by atoms with Crippen molar-refractivity contribution in [2.24, 2.45) is 0 Å². The highest BCUT2D eigenvalue weighted by atomic mass is 16.5. The zero-order chi connectivity index (χ0) is 18.8. The Balaban J connectivity index is 1.74. The molecule has 0 unspecified atom stereocenters. The zero-order valence-electron chi connectivity index (χ0n) is 15.0. The van der Waals surface area contributed by atoms with Crippen LogP contribution in [0.5, 0.6) is 5.75 Å². The largest absolute Gasteiger partial charge is 0.496 e. The molecule has 0 aliphatic heterocycles. The minimum Gasteiger partial charge on any atom is -0.496 e. The van der Waals surface area contributed by atoms with Crippen molar-refractivity contribution in [1.29, 1.82) is 0 Å². The number of aromatic nitrogens is 4. The molecule has 0 saturated carbocycles. The smallest absolute Gasteiger partial charge is 0.261 e. The van der Waals surface area contributed by atoms with Gasteiger partial charge in [-0.25, -0.2) is 4.98 Å². The minimum atomic E-state index is -0.110. The van der Waals surface area contributed by atoms with Gasteiger partial charge < -0.3 is 9.26 Å². The molecule has 0 radical (unpaired) electrons. The molecular weight excluding hydrogens is 344 g/mol. The van der Waals surface area contributed by atoms with Gasteiger partial charge in [-0.2, -0.15) is 4.98 Å². The predicted octanol–water partition coefficient (Wildman–Crippen LogP) is 3.07. The molecule has 2 aromatic heterocycles. The average molecular weight is 362 g/mol. The number of nitrogens with zero attached hydrogens (tertiary/aromatic N) is 4. The van der Waals surface area contributed by atoms with Crippen molar-refractivity contribution in [3.63, 3.8) is 0 Å². The van der Waals surface area contributed by atoms with Gasteiger partial charge in [-0.15, -0.1) is 0 Å². The number of para-hydroxylation sites is 2. The second-order valence-corrected chi connectivity index (χ2v) is 6.01. The Morgan fingerprint density at radius 2 is 1.85 bits per heavy atom. The molecule has 0 amide bonds. The molecule has 4 rings (SSSR count). The molecule has 27 heavy (non-hydrogen) atoms. The van der Waals surface area contributed by atoms with Gasteiger partial charge in [-0.3, -0.25) is 9.36 Å². The number of rotatable bonds is 5. The number of ether oxygens (including phenoxy) is 1. The van der Waals surface area contributed by atoms with Crippen molar-refractivity contribution < 1.29 is 9.26 Å². The summed E-state index contributed by atoms with van der Waals surface area (Å²) in [6.45, 7) is 2.15. The van der Waals surface area contributed by atoms with Gasteiger partial charge in [0.25, 0.3) is 11.4 Å². The first-order chi connectivity index (χ1) is 13.2. The van der Waals surface area contributed by atoms with Gasteiger partial charge in [0.15, 0.2) is 5.82 Å². The normalized spacial score (nSPS) is 11.0. The van der Waals surface area contributed by atoms with Gasteiger partial charge in [0.05, 0.1) is 30.1 Å². The van der Waals surface area contributed by atoms with Crippen molar-refractivity contribution >= 4 is 10.9 Å². The zero-order valence-corrected chi connectivity index (χ0v) is 15.0. The van der Waals surface area contributed by atoms with Crippen molar-refractivity contribution in [2.75, 3.05) is 7.11 Å². The molecule has 2 aromatic carbocycles. The third-order valence-electron chi connectivity index (χ3n) is 4.36. The van der Waals surface area contributed by atoms with Crippen LogP contribution in [-0.2, 0) is 13.0 Å². The average Bonchev–Trinajstić information content (AvgIpc) is 3.18. The fourth-order valence-corrected chi connectivity index (χ4v) is 3.04. The Bertz CT molecular complexity index is 1160. The van der Waals surface area contributed by atoms with Gasteiger partial charge in [-0.1, -0.05) is 36.3 Å². The first-order valence-corrected chi connectivity index (χ1v) is 8.65. The van der Waals surface area contributed by atoms with E-state index in [1.807, 2.05) is 49.4 Å². The minimum absolute atomic E-state index is 0.110. The molecular formula is C20H18N4O3. The highest BCUT2D eigenvalue weighted by Crippen LogP contribution is 2.28.